The summed E-state index contributed by atoms with van der Waals surface area (Å²) in [5.41, 5.74) is 1.94. The number of methoxy groups -OCH3 is 1. The maximum atomic E-state index is 13.3. The van der Waals surface area contributed by atoms with Crippen LogP contribution in [0.15, 0.2) is 60.7 Å². The number of hydrogen-bond acceptors (Lipinski definition) is 24. The second kappa shape index (κ2) is 70.3. The summed E-state index contributed by atoms with van der Waals surface area (Å²) in [4.78, 5) is 80.1. The molecule has 6 aromatic rings. The van der Waals surface area contributed by atoms with Gasteiger partial charge in [0.25, 0.3) is 0 Å². The number of aromatic nitrogens is 9. The van der Waals surface area contributed by atoms with Gasteiger partial charge in [0, 0.05) is 70.1 Å². The largest absolute Gasteiger partial charge is 0.508 e. The van der Waals surface area contributed by atoms with Crippen molar-refractivity contribution in [1.29, 1.82) is 0 Å². The lowest BCUT2D eigenvalue weighted by molar-refractivity contribution is -0.151. The second-order valence-electron chi connectivity index (χ2n) is 35.2. The summed E-state index contributed by atoms with van der Waals surface area (Å²) in [6, 6.07) is 17.2. The Labute approximate surface area is 774 Å². The number of rotatable bonds is 77. The molecular formula is C104H175N15O9. The van der Waals surface area contributed by atoms with Gasteiger partial charge in [-0.15, -0.1) is 0 Å². The van der Waals surface area contributed by atoms with Gasteiger partial charge in [0.2, 0.25) is 35.7 Å². The average Bonchev–Trinajstić information content (AvgIpc) is 0.830. The molecule has 3 aromatic heterocycles. The quantitative estimate of drug-likeness (QED) is 0.0204. The lowest BCUT2D eigenvalue weighted by Crippen LogP contribution is -2.32. The third kappa shape index (κ3) is 47.3. The molecule has 2 atom stereocenters. The summed E-state index contributed by atoms with van der Waals surface area (Å²) in [6.45, 7) is 33.3. The third-order valence-electron chi connectivity index (χ3n) is 23.6. The molecule has 3 aromatic carbocycles. The highest BCUT2D eigenvalue weighted by Gasteiger charge is 2.25. The van der Waals surface area contributed by atoms with E-state index in [4.69, 9.17) is 53.6 Å². The number of carbonyl (C=O) groups is 2. The van der Waals surface area contributed by atoms with Crippen LogP contribution in [0.25, 0.3) is 22.8 Å². The fraction of sp³-hybridized carbons (Fsp3) is 0.721. The number of esters is 2. The standard InChI is InChI=1S/C57H91N9O5.C47H84N6O4/c1-8-12-16-20-24-28-39-65(40-29-25-21-17-13-9-2)56-62-55(63-57(64-56)66(41-30-26-22-18-14-10-3)42-31-27-23-19-15-11-4)58-38-43-70-54(68)45(5)71-49-36-37-50(51(67)44-49)53-60-46(6)59-52(61-53)47-32-34-48(69-7)35-33-47;1-7-11-15-19-23-27-34-52(35-28-24-20-16-12-8-2)46-49-45(48-33-38-56-44(55)41(6)57-42-32-31-40(5)43(54)39-42)50-47(51-46)53(36-29-25-21-17-13-9-3)37-30-26-22-18-14-10-4/h32-37,44-45,67H,8-31,38-43H2,1-7H3,(H,58,62,63,64);31-32,39,41,54H,7-30,33-38H2,1-6H3,(H,48,49,50,51). The van der Waals surface area contributed by atoms with Crippen LogP contribution >= 0.6 is 0 Å². The first-order valence-electron chi connectivity index (χ1n) is 51.2. The van der Waals surface area contributed by atoms with E-state index in [-0.39, 0.29) is 24.7 Å². The van der Waals surface area contributed by atoms with Crippen LogP contribution in [0.1, 0.15) is 389 Å². The molecule has 0 aliphatic carbocycles. The molecule has 720 valence electrons. The van der Waals surface area contributed by atoms with Gasteiger partial charge >= 0.3 is 11.9 Å². The second-order valence-corrected chi connectivity index (χ2v) is 35.2. The summed E-state index contributed by atoms with van der Waals surface area (Å²) in [5.74, 6) is 5.76. The number of phenolic OH excluding ortho intramolecular Hbond substituents is 2. The molecule has 6 rings (SSSR count). The van der Waals surface area contributed by atoms with E-state index < -0.39 is 24.1 Å². The lowest BCUT2D eigenvalue weighted by atomic mass is 10.1. The molecule has 0 fully saturated rings. The van der Waals surface area contributed by atoms with Gasteiger partial charge in [-0.05, 0) is 127 Å². The predicted molar refractivity (Wildman–Crippen MR) is 531 cm³/mol. The molecular weight excluding hydrogens is 1600 g/mol. The molecule has 24 nitrogen and oxygen atoms in total. The Morgan fingerprint density at radius 1 is 0.328 bits per heavy atom. The van der Waals surface area contributed by atoms with Crippen LogP contribution in [0.2, 0.25) is 0 Å². The number of benzene rings is 3. The first kappa shape index (κ1) is 110. The van der Waals surface area contributed by atoms with Gasteiger partial charge in [-0.2, -0.15) is 29.9 Å². The molecule has 0 aliphatic heterocycles. The molecule has 2 unspecified atom stereocenters. The Morgan fingerprint density at radius 3 is 0.891 bits per heavy atom. The lowest BCUT2D eigenvalue weighted by Gasteiger charge is -2.27. The average molecular weight is 1780 g/mol. The smallest absolute Gasteiger partial charge is 0.347 e. The van der Waals surface area contributed by atoms with E-state index in [9.17, 15) is 19.8 Å². The molecule has 0 radical (unpaired) electrons. The van der Waals surface area contributed by atoms with Crippen LogP contribution in [0.5, 0.6) is 28.7 Å². The van der Waals surface area contributed by atoms with E-state index in [1.54, 1.807) is 52.1 Å². The van der Waals surface area contributed by atoms with Crippen molar-refractivity contribution in [2.24, 2.45) is 0 Å². The first-order valence-corrected chi connectivity index (χ1v) is 51.2. The minimum atomic E-state index is -0.938. The number of nitrogens with one attached hydrogen (secondary N) is 2. The molecule has 0 aliphatic rings. The minimum Gasteiger partial charge on any atom is -0.508 e. The number of unbranched alkanes of at least 4 members (excludes halogenated alkanes) is 40. The fourth-order valence-electron chi connectivity index (χ4n) is 15.6. The number of nitrogens with zero attached hydrogens (tertiary/aromatic N) is 13. The Hall–Kier alpha value is -8.57. The zero-order valence-corrected chi connectivity index (χ0v) is 82.4. The molecule has 0 amide bonds. The molecule has 0 bridgehead atoms. The molecule has 0 spiro atoms. The Bertz CT molecular complexity index is 3650. The molecule has 0 saturated heterocycles. The van der Waals surface area contributed by atoms with Crippen LogP contribution in [-0.4, -0.2) is 165 Å². The van der Waals surface area contributed by atoms with Crippen molar-refractivity contribution in [3.63, 3.8) is 0 Å². The highest BCUT2D eigenvalue weighted by Crippen LogP contribution is 2.34. The monoisotopic (exact) mass is 1780 g/mol. The van der Waals surface area contributed by atoms with Crippen molar-refractivity contribution in [1.82, 2.24) is 44.9 Å². The normalized spacial score (nSPS) is 11.7. The molecule has 128 heavy (non-hydrogen) atoms. The number of aryl methyl sites for hydroxylation is 2. The number of phenols is 2. The third-order valence-corrected chi connectivity index (χ3v) is 23.6. The van der Waals surface area contributed by atoms with Crippen LogP contribution in [0, 0.1) is 13.8 Å². The summed E-state index contributed by atoms with van der Waals surface area (Å²) >= 11 is 0. The Morgan fingerprint density at radius 2 is 0.602 bits per heavy atom. The minimum absolute atomic E-state index is 0.0841. The maximum absolute atomic E-state index is 13.3. The Kier molecular flexibility index (Phi) is 60.4. The van der Waals surface area contributed by atoms with E-state index in [0.717, 1.165) is 144 Å². The van der Waals surface area contributed by atoms with E-state index in [1.807, 2.05) is 31.2 Å². The van der Waals surface area contributed by atoms with Gasteiger partial charge in [-0.1, -0.05) is 318 Å². The predicted octanol–water partition coefficient (Wildman–Crippen LogP) is 26.3. The number of hydrogen-bond donors (Lipinski definition) is 4. The first-order chi connectivity index (χ1) is 62.5. The van der Waals surface area contributed by atoms with Gasteiger partial charge in [-0.25, -0.2) is 24.5 Å². The van der Waals surface area contributed by atoms with Crippen LogP contribution in [-0.2, 0) is 19.1 Å². The van der Waals surface area contributed by atoms with Gasteiger partial charge in [0.15, 0.2) is 23.9 Å². The van der Waals surface area contributed by atoms with Crippen LogP contribution < -0.4 is 44.4 Å². The number of anilines is 6. The van der Waals surface area contributed by atoms with Crippen molar-refractivity contribution < 1.29 is 43.5 Å². The SMILES string of the molecule is CCCCCCCCN(CCCCCCCC)c1nc(NCCOC(=O)C(C)Oc2ccc(-c3nc(C)nc(-c4ccc(OC)cc4)n3)c(O)c2)nc(N(CCCCCCCC)CCCCCCCC)n1.CCCCCCCCN(CCCCCCCC)c1nc(NCCOC(=O)C(C)Oc2ccc(C)c(O)c2)nc(N(CCCCCCCC)CCCCCCCC)n1. The zero-order chi connectivity index (χ0) is 92.2. The van der Waals surface area contributed by atoms with E-state index in [1.165, 1.54) is 269 Å². The van der Waals surface area contributed by atoms with Crippen molar-refractivity contribution in [3.8, 4) is 51.5 Å². The van der Waals surface area contributed by atoms with Gasteiger partial charge < -0.3 is 64.1 Å². The number of carbonyl (C=O) groups excluding carboxylic acids is 2. The van der Waals surface area contributed by atoms with E-state index >= 15 is 0 Å². The highest BCUT2D eigenvalue weighted by molar-refractivity contribution is 5.75. The topological polar surface area (TPSA) is 274 Å². The summed E-state index contributed by atoms with van der Waals surface area (Å²) in [6.07, 6.45) is 57.7. The number of aromatic hydroxyl groups is 2. The maximum Gasteiger partial charge on any atom is 0.347 e. The van der Waals surface area contributed by atoms with Gasteiger partial charge in [0.05, 0.1) is 25.8 Å². The molecule has 24 heteroatoms. The van der Waals surface area contributed by atoms with Gasteiger partial charge in [-0.3, -0.25) is 0 Å². The number of ether oxygens (including phenoxy) is 5. The Balaban J connectivity index is 0.000000465. The summed E-state index contributed by atoms with van der Waals surface area (Å²) in [5, 5.41) is 27.9. The highest BCUT2D eigenvalue weighted by atomic mass is 16.6. The van der Waals surface area contributed by atoms with Crippen LogP contribution in [0.4, 0.5) is 35.7 Å². The van der Waals surface area contributed by atoms with Crippen LogP contribution in [0.3, 0.4) is 0 Å². The van der Waals surface area contributed by atoms with Crippen molar-refractivity contribution >= 4 is 47.6 Å². The van der Waals surface area contributed by atoms with E-state index in [2.05, 4.69) is 101 Å². The summed E-state index contributed by atoms with van der Waals surface area (Å²) in [7, 11) is 1.62. The molecule has 4 N–H and O–H groups in total. The molecule has 0 saturated carbocycles. The fourth-order valence-corrected chi connectivity index (χ4v) is 15.6. The van der Waals surface area contributed by atoms with E-state index in [0.29, 0.717) is 59.5 Å². The van der Waals surface area contributed by atoms with Crippen molar-refractivity contribution in [3.05, 3.63) is 72.1 Å². The summed E-state index contributed by atoms with van der Waals surface area (Å²) < 4.78 is 28.3. The van der Waals surface area contributed by atoms with Crippen molar-refractivity contribution in [2.45, 2.75) is 403 Å². The zero-order valence-electron chi connectivity index (χ0n) is 82.4. The molecule has 3 heterocycles. The van der Waals surface area contributed by atoms with Crippen molar-refractivity contribution in [2.75, 3.05) is 116 Å². The van der Waals surface area contributed by atoms with Gasteiger partial charge in [0.1, 0.15) is 47.8 Å².